The number of hydrogen-bond donors (Lipinski definition) is 0. The van der Waals surface area contributed by atoms with Crippen molar-refractivity contribution in [1.82, 2.24) is 88.6 Å². The Morgan fingerprint density at radius 3 is 1.39 bits per heavy atom. The third-order valence-corrected chi connectivity index (χ3v) is 21.1. The van der Waals surface area contributed by atoms with Gasteiger partial charge < -0.3 is 9.30 Å². The van der Waals surface area contributed by atoms with Gasteiger partial charge in [-0.25, -0.2) is 69.1 Å². The summed E-state index contributed by atoms with van der Waals surface area (Å²) in [5, 5.41) is 6.77. The van der Waals surface area contributed by atoms with Gasteiger partial charge in [-0.2, -0.15) is 15.2 Å². The van der Waals surface area contributed by atoms with Gasteiger partial charge in [0.15, 0.2) is 34.3 Å². The third kappa shape index (κ3) is 17.3. The van der Waals surface area contributed by atoms with E-state index in [0.717, 1.165) is 90.6 Å². The molecule has 0 fully saturated rings. The molecule has 0 aliphatic carbocycles. The van der Waals surface area contributed by atoms with Gasteiger partial charge in [-0.3, -0.25) is 34.9 Å². The summed E-state index contributed by atoms with van der Waals surface area (Å²) in [4.78, 5) is 56.2. The quantitative estimate of drug-likeness (QED) is 0.0869. The van der Waals surface area contributed by atoms with Crippen LogP contribution in [0.4, 0.5) is 35.1 Å². The lowest BCUT2D eigenvalue weighted by Crippen LogP contribution is -1.97. The van der Waals surface area contributed by atoms with Crippen LogP contribution in [0.1, 0.15) is 5.56 Å². The summed E-state index contributed by atoms with van der Waals surface area (Å²) in [5.41, 5.74) is 19.1. The van der Waals surface area contributed by atoms with E-state index >= 15 is 0 Å². The topological polar surface area (TPSA) is 216 Å². The zero-order chi connectivity index (χ0) is 86.4. The van der Waals surface area contributed by atoms with Crippen LogP contribution in [-0.2, 0) is 7.05 Å². The minimum atomic E-state index is -0.845. The zero-order valence-corrected chi connectivity index (χ0v) is 68.2. The summed E-state index contributed by atoms with van der Waals surface area (Å²) in [7, 11) is 3.44. The highest BCUT2D eigenvalue weighted by Gasteiger charge is 2.24. The number of methoxy groups -OCH3 is 1. The number of nitrogens with zero attached hydrogens (tertiary/aromatic N) is 18. The Labute approximate surface area is 723 Å². The first-order valence-corrected chi connectivity index (χ1v) is 39.0. The van der Waals surface area contributed by atoms with Gasteiger partial charge in [0.1, 0.15) is 56.8 Å². The number of halogens is 13. The maximum absolute atomic E-state index is 14.5. The van der Waals surface area contributed by atoms with Crippen LogP contribution in [0.2, 0.25) is 25.1 Å². The smallest absolute Gasteiger partial charge is 0.243 e. The molecule has 13 aromatic heterocycles. The van der Waals surface area contributed by atoms with Crippen LogP contribution in [0.15, 0.2) is 281 Å². The average Bonchev–Trinajstić information content (AvgIpc) is 1.21. The third-order valence-electron chi connectivity index (χ3n) is 19.5. The highest BCUT2D eigenvalue weighted by Crippen LogP contribution is 2.42. The van der Waals surface area contributed by atoms with E-state index < -0.39 is 61.6 Å². The molecule has 0 amide bonds. The second-order valence-electron chi connectivity index (χ2n) is 27.1. The number of ether oxygens (including phenoxy) is 1. The molecule has 7 aromatic carbocycles. The van der Waals surface area contributed by atoms with Gasteiger partial charge in [0.25, 0.3) is 0 Å². The predicted octanol–water partition coefficient (Wildman–Crippen LogP) is 24.0. The lowest BCUT2D eigenvalue weighted by atomic mass is 9.97. The molecule has 20 rings (SSSR count). The Morgan fingerprint density at radius 2 is 0.815 bits per heavy atom. The zero-order valence-electron chi connectivity index (χ0n) is 64.4. The maximum Gasteiger partial charge on any atom is 0.243 e. The van der Waals surface area contributed by atoms with Gasteiger partial charge in [-0.05, 0) is 187 Å². The molecule has 0 bridgehead atoms. The number of aryl methyl sites for hydroxylation is 2. The molecule has 0 spiro atoms. The normalized spacial score (nSPS) is 11.1. The van der Waals surface area contributed by atoms with Crippen LogP contribution < -0.4 is 4.74 Å². The summed E-state index contributed by atoms with van der Waals surface area (Å²) in [6.45, 7) is 2.01. The van der Waals surface area contributed by atoms with Gasteiger partial charge >= 0.3 is 0 Å². The SMILES string of the molecule is COc1ncnc2ccc(-c3cccnc3-c3ccc(F)c(Cl)c3)nc12.Cc1cc2ncnn2cc1-c1cccnc1-c1ccc(F)c(Cl)c1.Cn1cnc2ccc(-c3cccnc3-c3ccc(F)c(Cl)c3F)cc21.Fc1ccc(-c2ncccc2-c2ccc3nccnc3c2)c(F)c1Cl.Fc1ccc(-c2ncccc2-c2ccn3nccc3n2)c(F)c1Cl. The summed E-state index contributed by atoms with van der Waals surface area (Å²) < 4.78 is 121. The van der Waals surface area contributed by atoms with Crippen molar-refractivity contribution in [2.24, 2.45) is 7.05 Å². The van der Waals surface area contributed by atoms with Crippen LogP contribution in [0.3, 0.4) is 0 Å². The Hall–Kier alpha value is -14.5. The minimum absolute atomic E-state index is 0.0423. The number of aromatic nitrogens is 18. The fraction of sp³-hybridized carbons (Fsp3) is 0.0326. The molecule has 13 heterocycles. The summed E-state index contributed by atoms with van der Waals surface area (Å²) in [6, 6.07) is 55.2. The van der Waals surface area contributed by atoms with Crippen molar-refractivity contribution in [3.05, 3.63) is 358 Å². The van der Waals surface area contributed by atoms with Crippen LogP contribution >= 0.6 is 58.0 Å². The van der Waals surface area contributed by atoms with E-state index in [1.54, 1.807) is 126 Å². The second-order valence-corrected chi connectivity index (χ2v) is 29.0. The van der Waals surface area contributed by atoms with Crippen molar-refractivity contribution in [3.63, 3.8) is 0 Å². The average molecular weight is 1760 g/mol. The van der Waals surface area contributed by atoms with Crippen molar-refractivity contribution in [2.75, 3.05) is 7.11 Å². The number of benzene rings is 7. The van der Waals surface area contributed by atoms with Crippen molar-refractivity contribution in [3.8, 4) is 118 Å². The van der Waals surface area contributed by atoms with Gasteiger partial charge in [0, 0.05) is 130 Å². The molecule has 0 atom stereocenters. The van der Waals surface area contributed by atoms with Crippen molar-refractivity contribution in [1.29, 1.82) is 0 Å². The van der Waals surface area contributed by atoms with E-state index in [2.05, 4.69) is 75.0 Å². The van der Waals surface area contributed by atoms with Crippen molar-refractivity contribution >= 4 is 102 Å². The van der Waals surface area contributed by atoms with Crippen LogP contribution in [0, 0.1) is 53.5 Å². The maximum atomic E-state index is 14.5. The Balaban J connectivity index is 0.000000115. The number of fused-ring (bicyclic) bond motifs is 5. The van der Waals surface area contributed by atoms with E-state index in [9.17, 15) is 35.1 Å². The fourth-order valence-corrected chi connectivity index (χ4v) is 14.3. The van der Waals surface area contributed by atoms with E-state index in [0.29, 0.717) is 78.9 Å². The largest absolute Gasteiger partial charge is 0.479 e. The van der Waals surface area contributed by atoms with Crippen molar-refractivity contribution in [2.45, 2.75) is 6.92 Å². The standard InChI is InChI=1S/C19H12ClF2N3.C19H10ClF2N3.C19H12ClFN4O.C18H12ClFN4.C17H9ClF2N4/c1-25-10-24-15-7-4-11(9-16(15)25)12-3-2-8-23-19(12)13-5-6-14(21)17(20)18(13)22;20-17-14(21)5-4-13(18(17)22)19-12(2-1-7-25-19)11-3-6-15-16(10-11)24-9-8-23-15;1-26-19-18-16(23-10-24-19)7-6-15(25-18)12-3-2-8-22-17(12)11-4-5-14(21)13(20)9-11;1-11-7-17-22-10-23-24(17)9-14(11)13-3-2-6-21-18(13)12-4-5-16(20)15(19)8-12;18-15-12(19)4-3-11(16(15)20)17-10(2-1-7-21-17)13-6-9-24-14(23-13)5-8-22-24/h2-10H,1H3;1-10H;2-10H,1H3;2-10H,1H3;1-9H. The van der Waals surface area contributed by atoms with Crippen molar-refractivity contribution < 1.29 is 39.9 Å². The molecule has 0 radical (unpaired) electrons. The van der Waals surface area contributed by atoms with Crippen LogP contribution in [-0.4, -0.2) is 95.7 Å². The molecular weight excluding hydrogens is 1700 g/mol. The van der Waals surface area contributed by atoms with Gasteiger partial charge in [0.2, 0.25) is 5.88 Å². The first kappa shape index (κ1) is 83.2. The number of pyridine rings is 7. The molecule has 0 N–H and O–H groups in total. The molecule has 20 aromatic rings. The molecule has 19 nitrogen and oxygen atoms in total. The molecular formula is C92H55Cl5F8N18O. The summed E-state index contributed by atoms with van der Waals surface area (Å²) in [6.07, 6.45) is 21.2. The van der Waals surface area contributed by atoms with Crippen LogP contribution in [0.5, 0.6) is 5.88 Å². The molecule has 0 saturated heterocycles. The Kier molecular flexibility index (Phi) is 24.5. The van der Waals surface area contributed by atoms with Gasteiger partial charge in [-0.15, -0.1) is 0 Å². The minimum Gasteiger partial charge on any atom is -0.479 e. The number of imidazole rings is 1. The lowest BCUT2D eigenvalue weighted by molar-refractivity contribution is 0.401. The molecule has 124 heavy (non-hydrogen) atoms. The molecule has 0 unspecified atom stereocenters. The predicted molar refractivity (Wildman–Crippen MR) is 463 cm³/mol. The van der Waals surface area contributed by atoms with E-state index in [4.69, 9.17) is 62.7 Å². The van der Waals surface area contributed by atoms with Gasteiger partial charge in [-0.1, -0.05) is 88.3 Å². The Morgan fingerprint density at radius 1 is 0.331 bits per heavy atom. The van der Waals surface area contributed by atoms with E-state index in [1.807, 2.05) is 116 Å². The molecule has 0 aliphatic heterocycles. The Bertz CT molecular complexity index is 7470. The number of rotatable bonds is 11. The fourth-order valence-electron chi connectivity index (χ4n) is 13.5. The molecule has 32 heteroatoms. The van der Waals surface area contributed by atoms with Gasteiger partial charge in [0.05, 0.1) is 97.1 Å². The van der Waals surface area contributed by atoms with E-state index in [1.165, 1.54) is 56.3 Å². The first-order valence-electron chi connectivity index (χ1n) is 37.1. The highest BCUT2D eigenvalue weighted by molar-refractivity contribution is 6.32. The molecule has 610 valence electrons. The molecule has 0 saturated carbocycles. The summed E-state index contributed by atoms with van der Waals surface area (Å²) >= 11 is 29.0. The van der Waals surface area contributed by atoms with Crippen LogP contribution in [0.25, 0.3) is 157 Å². The monoisotopic (exact) mass is 1750 g/mol. The number of hydrogen-bond acceptors (Lipinski definition) is 16. The highest BCUT2D eigenvalue weighted by atomic mass is 35.5. The first-order chi connectivity index (χ1) is 60.2. The molecule has 0 aliphatic rings. The lowest BCUT2D eigenvalue weighted by Gasteiger charge is -2.12. The second kappa shape index (κ2) is 36.5. The van der Waals surface area contributed by atoms with E-state index in [-0.39, 0.29) is 26.7 Å². The summed E-state index contributed by atoms with van der Waals surface area (Å²) in [5.74, 6) is -5.43.